The Kier molecular flexibility index (Phi) is 8.56. The van der Waals surface area contributed by atoms with Crippen LogP contribution in [0.3, 0.4) is 0 Å². The predicted octanol–water partition coefficient (Wildman–Crippen LogP) is 3.09. The van der Waals surface area contributed by atoms with Crippen molar-refractivity contribution in [1.29, 1.82) is 0 Å². The zero-order valence-corrected chi connectivity index (χ0v) is 18.5. The topological polar surface area (TPSA) is 111 Å². The van der Waals surface area contributed by atoms with Gasteiger partial charge in [0.1, 0.15) is 5.75 Å². The summed E-state index contributed by atoms with van der Waals surface area (Å²) in [5.74, 6) is 0.716. The van der Waals surface area contributed by atoms with Crippen molar-refractivity contribution in [2.24, 2.45) is 0 Å². The van der Waals surface area contributed by atoms with Gasteiger partial charge in [-0.25, -0.2) is 0 Å². The minimum absolute atomic E-state index is 0.224. The van der Waals surface area contributed by atoms with E-state index < -0.39 is 0 Å². The number of amides is 2. The number of carbonyl (C=O) groups excluding carboxylic acids is 2. The van der Waals surface area contributed by atoms with Gasteiger partial charge < -0.3 is 4.74 Å². The van der Waals surface area contributed by atoms with Gasteiger partial charge in [-0.2, -0.15) is 4.80 Å². The van der Waals surface area contributed by atoms with Gasteiger partial charge in [-0.15, -0.1) is 10.2 Å². The molecule has 10 heteroatoms. The number of halogens is 1. The summed E-state index contributed by atoms with van der Waals surface area (Å²) in [5.41, 5.74) is 6.65. The fourth-order valence-electron chi connectivity index (χ4n) is 2.88. The smallest absolute Gasteiger partial charge is 0.238 e. The molecule has 0 spiro atoms. The lowest BCUT2D eigenvalue weighted by molar-refractivity contribution is -0.129. The number of aryl methyl sites for hydroxylation is 2. The first-order chi connectivity index (χ1) is 15.5. The normalized spacial score (nSPS) is 10.6. The third-order valence-electron chi connectivity index (χ3n) is 4.53. The first kappa shape index (κ1) is 23.2. The van der Waals surface area contributed by atoms with Gasteiger partial charge in [-0.05, 0) is 48.7 Å². The number of nitrogens with one attached hydrogen (secondary N) is 2. The molecule has 0 aliphatic rings. The lowest BCUT2D eigenvalue weighted by Crippen LogP contribution is -2.41. The number of rotatable bonds is 10. The van der Waals surface area contributed by atoms with Crippen LogP contribution < -0.4 is 15.6 Å². The van der Waals surface area contributed by atoms with Crippen LogP contribution >= 0.6 is 11.6 Å². The Morgan fingerprint density at radius 2 is 1.75 bits per heavy atom. The first-order valence-electron chi connectivity index (χ1n) is 10.3. The second-order valence-electron chi connectivity index (χ2n) is 7.14. The molecule has 0 aliphatic carbocycles. The van der Waals surface area contributed by atoms with Gasteiger partial charge in [-0.3, -0.25) is 20.4 Å². The van der Waals surface area contributed by atoms with Gasteiger partial charge >= 0.3 is 0 Å². The molecular formula is C22H25ClN6O3. The highest BCUT2D eigenvalue weighted by atomic mass is 35.5. The zero-order chi connectivity index (χ0) is 22.8. The van der Waals surface area contributed by atoms with E-state index in [-0.39, 0.29) is 24.7 Å². The lowest BCUT2D eigenvalue weighted by atomic mass is 10.2. The Bertz CT molecular complexity index is 1040. The Hall–Kier alpha value is -3.46. The highest BCUT2D eigenvalue weighted by Gasteiger charge is 2.08. The highest BCUT2D eigenvalue weighted by molar-refractivity contribution is 6.30. The van der Waals surface area contributed by atoms with E-state index in [2.05, 4.69) is 26.3 Å². The summed E-state index contributed by atoms with van der Waals surface area (Å²) in [6, 6.07) is 14.9. The Labute approximate surface area is 191 Å². The van der Waals surface area contributed by atoms with Crippen molar-refractivity contribution < 1.29 is 14.3 Å². The van der Waals surface area contributed by atoms with Crippen LogP contribution in [0.25, 0.3) is 11.4 Å². The van der Waals surface area contributed by atoms with Gasteiger partial charge in [0.15, 0.2) is 0 Å². The van der Waals surface area contributed by atoms with Crippen LogP contribution in [-0.2, 0) is 16.1 Å². The predicted molar refractivity (Wildman–Crippen MR) is 120 cm³/mol. The molecule has 0 fully saturated rings. The number of nitrogens with zero attached hydrogens (tertiary/aromatic N) is 4. The minimum Gasteiger partial charge on any atom is -0.493 e. The van der Waals surface area contributed by atoms with Crippen LogP contribution in [0.4, 0.5) is 0 Å². The largest absolute Gasteiger partial charge is 0.493 e. The SMILES string of the molecule is Cc1cc(Cl)ccc1OCCCC(=O)NNC(=O)CCCn1nnc(-c2ccccc2)n1. The summed E-state index contributed by atoms with van der Waals surface area (Å²) >= 11 is 5.91. The molecule has 2 aromatic carbocycles. The van der Waals surface area contributed by atoms with Crippen molar-refractivity contribution in [2.45, 2.75) is 39.2 Å². The quantitative estimate of drug-likeness (QED) is 0.358. The number of carbonyl (C=O) groups is 2. The Morgan fingerprint density at radius 1 is 1.03 bits per heavy atom. The van der Waals surface area contributed by atoms with Crippen molar-refractivity contribution in [3.05, 3.63) is 59.1 Å². The molecule has 0 radical (unpaired) electrons. The average Bonchev–Trinajstić information content (AvgIpc) is 3.26. The van der Waals surface area contributed by atoms with Gasteiger partial charge in [-0.1, -0.05) is 41.9 Å². The minimum atomic E-state index is -0.283. The second-order valence-corrected chi connectivity index (χ2v) is 7.57. The third-order valence-corrected chi connectivity index (χ3v) is 4.77. The number of aromatic nitrogens is 4. The van der Waals surface area contributed by atoms with Crippen LogP contribution in [0.1, 0.15) is 31.2 Å². The fourth-order valence-corrected chi connectivity index (χ4v) is 3.10. The Morgan fingerprint density at radius 3 is 2.47 bits per heavy atom. The molecule has 0 saturated carbocycles. The lowest BCUT2D eigenvalue weighted by Gasteiger charge is -2.10. The molecule has 0 bridgehead atoms. The van der Waals surface area contributed by atoms with E-state index in [0.29, 0.717) is 36.8 Å². The standard InChI is InChI=1S/C22H25ClN6O3/c1-16-15-18(23)11-12-19(16)32-14-6-10-21(31)25-24-20(30)9-5-13-29-27-22(26-28-29)17-7-3-2-4-8-17/h2-4,7-8,11-12,15H,5-6,9-10,13-14H2,1H3,(H,24,30)(H,25,31). The van der Waals surface area contributed by atoms with Crippen molar-refractivity contribution in [2.75, 3.05) is 6.61 Å². The van der Waals surface area contributed by atoms with Crippen molar-refractivity contribution >= 4 is 23.4 Å². The molecule has 3 aromatic rings. The summed E-state index contributed by atoms with van der Waals surface area (Å²) in [7, 11) is 0. The molecule has 1 heterocycles. The van der Waals surface area contributed by atoms with Crippen molar-refractivity contribution in [1.82, 2.24) is 31.1 Å². The number of hydrogen-bond acceptors (Lipinski definition) is 6. The van der Waals surface area contributed by atoms with E-state index in [1.807, 2.05) is 43.3 Å². The second kappa shape index (κ2) is 11.8. The maximum absolute atomic E-state index is 11.9. The molecule has 0 saturated heterocycles. The van der Waals surface area contributed by atoms with Gasteiger partial charge in [0.2, 0.25) is 17.6 Å². The maximum atomic E-state index is 11.9. The zero-order valence-electron chi connectivity index (χ0n) is 17.8. The summed E-state index contributed by atoms with van der Waals surface area (Å²) in [6.45, 7) is 2.74. The highest BCUT2D eigenvalue weighted by Crippen LogP contribution is 2.21. The number of tetrazole rings is 1. The molecule has 1 aromatic heterocycles. The number of hydrazine groups is 1. The molecule has 0 aliphatic heterocycles. The van der Waals surface area contributed by atoms with E-state index in [4.69, 9.17) is 16.3 Å². The summed E-state index contributed by atoms with van der Waals surface area (Å²) in [6.07, 6.45) is 1.49. The van der Waals surface area contributed by atoms with Gasteiger partial charge in [0.25, 0.3) is 0 Å². The maximum Gasteiger partial charge on any atom is 0.238 e. The fraction of sp³-hybridized carbons (Fsp3) is 0.318. The molecule has 9 nitrogen and oxygen atoms in total. The average molecular weight is 457 g/mol. The van der Waals surface area contributed by atoms with Gasteiger partial charge in [0.05, 0.1) is 13.2 Å². The third kappa shape index (κ3) is 7.35. The molecule has 168 valence electrons. The number of ether oxygens (including phenoxy) is 1. The van der Waals surface area contributed by atoms with Crippen molar-refractivity contribution in [3.63, 3.8) is 0 Å². The van der Waals surface area contributed by atoms with Crippen LogP contribution in [0.5, 0.6) is 5.75 Å². The molecule has 32 heavy (non-hydrogen) atoms. The van der Waals surface area contributed by atoms with E-state index in [9.17, 15) is 9.59 Å². The van der Waals surface area contributed by atoms with E-state index in [1.54, 1.807) is 12.1 Å². The van der Waals surface area contributed by atoms with Crippen molar-refractivity contribution in [3.8, 4) is 17.1 Å². The summed E-state index contributed by atoms with van der Waals surface area (Å²) in [4.78, 5) is 25.2. The van der Waals surface area contributed by atoms with E-state index in [0.717, 1.165) is 16.9 Å². The van der Waals surface area contributed by atoms with Crippen LogP contribution in [0, 0.1) is 6.92 Å². The van der Waals surface area contributed by atoms with Gasteiger partial charge in [0, 0.05) is 23.4 Å². The first-order valence-corrected chi connectivity index (χ1v) is 10.7. The van der Waals surface area contributed by atoms with Crippen LogP contribution in [-0.4, -0.2) is 38.6 Å². The van der Waals surface area contributed by atoms with E-state index >= 15 is 0 Å². The monoisotopic (exact) mass is 456 g/mol. The molecule has 3 rings (SSSR count). The number of benzene rings is 2. The molecule has 2 N–H and O–H groups in total. The molecule has 0 unspecified atom stereocenters. The molecule has 0 atom stereocenters. The van der Waals surface area contributed by atoms with Crippen LogP contribution in [0.2, 0.25) is 5.02 Å². The number of hydrogen-bond donors (Lipinski definition) is 2. The Balaban J connectivity index is 1.27. The van der Waals surface area contributed by atoms with E-state index in [1.165, 1.54) is 4.80 Å². The van der Waals surface area contributed by atoms with Crippen LogP contribution in [0.15, 0.2) is 48.5 Å². The summed E-state index contributed by atoms with van der Waals surface area (Å²) in [5, 5.41) is 13.0. The summed E-state index contributed by atoms with van der Waals surface area (Å²) < 4.78 is 5.65. The molecular weight excluding hydrogens is 432 g/mol. The molecule has 2 amide bonds.